The van der Waals surface area contributed by atoms with E-state index in [2.05, 4.69) is 5.10 Å². The topological polar surface area (TPSA) is 86.7 Å². The third-order valence-corrected chi connectivity index (χ3v) is 6.42. The van der Waals surface area contributed by atoms with Crippen molar-refractivity contribution < 1.29 is 28.5 Å². The van der Waals surface area contributed by atoms with Crippen molar-refractivity contribution in [3.05, 3.63) is 76.0 Å². The first-order valence-corrected chi connectivity index (χ1v) is 12.0. The predicted molar refractivity (Wildman–Crippen MR) is 132 cm³/mol. The van der Waals surface area contributed by atoms with E-state index in [0.717, 1.165) is 16.2 Å². The average molecular weight is 495 g/mol. The van der Waals surface area contributed by atoms with Crippen LogP contribution in [-0.4, -0.2) is 50.0 Å². The summed E-state index contributed by atoms with van der Waals surface area (Å²) in [5, 5.41) is 7.96. The number of rotatable bonds is 9. The summed E-state index contributed by atoms with van der Waals surface area (Å²) in [5.41, 5.74) is 1.89. The summed E-state index contributed by atoms with van der Waals surface area (Å²) in [7, 11) is 3.13. The minimum absolute atomic E-state index is 0.266. The van der Waals surface area contributed by atoms with Crippen LogP contribution in [0.3, 0.4) is 0 Å². The van der Waals surface area contributed by atoms with Gasteiger partial charge in [-0.25, -0.2) is 9.80 Å². The lowest BCUT2D eigenvalue weighted by Crippen LogP contribution is -2.31. The molecule has 0 N–H and O–H groups in total. The van der Waals surface area contributed by atoms with E-state index >= 15 is 0 Å². The summed E-state index contributed by atoms with van der Waals surface area (Å²) < 4.78 is 21.6. The Morgan fingerprint density at radius 3 is 2.54 bits per heavy atom. The lowest BCUT2D eigenvalue weighted by molar-refractivity contribution is -0.136. The molecule has 0 saturated carbocycles. The predicted octanol–water partition coefficient (Wildman–Crippen LogP) is 4.70. The molecule has 0 fully saturated rings. The van der Waals surface area contributed by atoms with Crippen molar-refractivity contribution in [2.75, 3.05) is 27.4 Å². The number of hydrogen-bond donors (Lipinski definition) is 0. The number of benzene rings is 2. The van der Waals surface area contributed by atoms with E-state index in [-0.39, 0.29) is 11.6 Å². The van der Waals surface area contributed by atoms with Crippen molar-refractivity contribution in [3.8, 4) is 17.2 Å². The van der Waals surface area contributed by atoms with Gasteiger partial charge in [0.25, 0.3) is 5.91 Å². The highest BCUT2D eigenvalue weighted by molar-refractivity contribution is 7.12. The van der Waals surface area contributed by atoms with Crippen LogP contribution in [0.25, 0.3) is 0 Å². The molecule has 1 amide bonds. The molecule has 2 heterocycles. The zero-order chi connectivity index (χ0) is 24.8. The van der Waals surface area contributed by atoms with Gasteiger partial charge in [-0.2, -0.15) is 5.10 Å². The van der Waals surface area contributed by atoms with Crippen LogP contribution in [-0.2, 0) is 9.53 Å². The van der Waals surface area contributed by atoms with Gasteiger partial charge in [0, 0.05) is 6.42 Å². The van der Waals surface area contributed by atoms with E-state index in [9.17, 15) is 9.59 Å². The second kappa shape index (κ2) is 11.1. The lowest BCUT2D eigenvalue weighted by atomic mass is 10.0. The van der Waals surface area contributed by atoms with E-state index in [4.69, 9.17) is 18.9 Å². The van der Waals surface area contributed by atoms with Gasteiger partial charge in [-0.3, -0.25) is 4.79 Å². The van der Waals surface area contributed by atoms with Crippen molar-refractivity contribution in [1.29, 1.82) is 0 Å². The molecule has 0 aliphatic carbocycles. The first-order chi connectivity index (χ1) is 17.0. The Morgan fingerprint density at radius 2 is 1.83 bits per heavy atom. The molecule has 0 spiro atoms. The molecular formula is C26H26N2O6S. The van der Waals surface area contributed by atoms with Gasteiger partial charge in [-0.05, 0) is 48.2 Å². The Kier molecular flexibility index (Phi) is 7.67. The van der Waals surface area contributed by atoms with Crippen molar-refractivity contribution in [1.82, 2.24) is 5.01 Å². The molecule has 182 valence electrons. The van der Waals surface area contributed by atoms with Gasteiger partial charge in [0.1, 0.15) is 11.3 Å². The Labute approximate surface area is 207 Å². The fourth-order valence-corrected chi connectivity index (χ4v) is 4.56. The van der Waals surface area contributed by atoms with Crippen LogP contribution in [0.4, 0.5) is 0 Å². The number of para-hydroxylation sites is 1. The number of amides is 1. The smallest absolute Gasteiger partial charge is 0.342 e. The van der Waals surface area contributed by atoms with Crippen molar-refractivity contribution in [2.45, 2.75) is 19.4 Å². The van der Waals surface area contributed by atoms with Crippen molar-refractivity contribution >= 4 is 28.9 Å². The van der Waals surface area contributed by atoms with Gasteiger partial charge in [0.2, 0.25) is 0 Å². The highest BCUT2D eigenvalue weighted by Crippen LogP contribution is 2.38. The van der Waals surface area contributed by atoms with Crippen LogP contribution in [0.5, 0.6) is 17.2 Å². The summed E-state index contributed by atoms with van der Waals surface area (Å²) in [4.78, 5) is 26.9. The average Bonchev–Trinajstić information content (AvgIpc) is 3.57. The monoisotopic (exact) mass is 494 g/mol. The maximum absolute atomic E-state index is 13.2. The van der Waals surface area contributed by atoms with Crippen LogP contribution in [0.1, 0.15) is 40.2 Å². The molecule has 0 radical (unpaired) electrons. The summed E-state index contributed by atoms with van der Waals surface area (Å²) in [6.45, 7) is 1.78. The molecule has 0 saturated heterocycles. The van der Waals surface area contributed by atoms with E-state index in [1.54, 1.807) is 55.9 Å². The van der Waals surface area contributed by atoms with Gasteiger partial charge in [0.15, 0.2) is 18.1 Å². The van der Waals surface area contributed by atoms with Crippen molar-refractivity contribution in [3.63, 3.8) is 0 Å². The molecule has 1 aliphatic heterocycles. The quantitative estimate of drug-likeness (QED) is 0.401. The third-order valence-electron chi connectivity index (χ3n) is 5.50. The second-order valence-corrected chi connectivity index (χ2v) is 8.55. The molecule has 1 atom stereocenters. The first-order valence-electron chi connectivity index (χ1n) is 11.1. The molecule has 35 heavy (non-hydrogen) atoms. The lowest BCUT2D eigenvalue weighted by Gasteiger charge is -2.23. The van der Waals surface area contributed by atoms with Crippen LogP contribution in [0.2, 0.25) is 0 Å². The Morgan fingerprint density at radius 1 is 1.03 bits per heavy atom. The molecule has 1 aromatic heterocycles. The van der Waals surface area contributed by atoms with Gasteiger partial charge >= 0.3 is 5.97 Å². The summed E-state index contributed by atoms with van der Waals surface area (Å²) in [6, 6.07) is 15.8. The Bertz CT molecular complexity index is 1220. The maximum Gasteiger partial charge on any atom is 0.342 e. The van der Waals surface area contributed by atoms with Crippen LogP contribution < -0.4 is 14.2 Å². The number of hydrogen-bond acceptors (Lipinski definition) is 8. The number of esters is 1. The molecule has 2 aromatic carbocycles. The second-order valence-electron chi connectivity index (χ2n) is 7.60. The molecule has 9 heteroatoms. The number of nitrogens with zero attached hydrogens (tertiary/aromatic N) is 2. The number of carbonyl (C=O) groups is 2. The summed E-state index contributed by atoms with van der Waals surface area (Å²) >= 11 is 1.55. The molecule has 0 bridgehead atoms. The number of ether oxygens (including phenoxy) is 4. The van der Waals surface area contributed by atoms with E-state index in [0.29, 0.717) is 30.3 Å². The molecule has 8 nitrogen and oxygen atoms in total. The summed E-state index contributed by atoms with van der Waals surface area (Å²) in [5.74, 6) is 0.495. The SMILES string of the molecule is CCOc1ccccc1C(=O)OCC(=O)N1N=C(c2cccs2)CC1c1ccc(OC)c(OC)c1. The zero-order valence-corrected chi connectivity index (χ0v) is 20.5. The largest absolute Gasteiger partial charge is 0.493 e. The minimum Gasteiger partial charge on any atom is -0.493 e. The Balaban J connectivity index is 1.56. The molecule has 1 unspecified atom stereocenters. The molecule has 1 aliphatic rings. The molecule has 3 aromatic rings. The Hall–Kier alpha value is -3.85. The fourth-order valence-electron chi connectivity index (χ4n) is 3.84. The van der Waals surface area contributed by atoms with Crippen LogP contribution in [0.15, 0.2) is 65.1 Å². The van der Waals surface area contributed by atoms with Gasteiger partial charge in [-0.1, -0.05) is 24.3 Å². The number of hydrazone groups is 1. The highest BCUT2D eigenvalue weighted by Gasteiger charge is 2.34. The van der Waals surface area contributed by atoms with Gasteiger partial charge in [0.05, 0.1) is 37.5 Å². The van der Waals surface area contributed by atoms with Crippen LogP contribution >= 0.6 is 11.3 Å². The minimum atomic E-state index is -0.633. The van der Waals surface area contributed by atoms with E-state index < -0.39 is 18.5 Å². The fraction of sp³-hybridized carbons (Fsp3) is 0.269. The maximum atomic E-state index is 13.2. The van der Waals surface area contributed by atoms with Gasteiger partial charge in [-0.15, -0.1) is 11.3 Å². The standard InChI is InChI=1S/C26H26N2O6S/c1-4-33-21-9-6-5-8-18(21)26(30)34-16-25(29)28-20(15-19(27-28)24-10-7-13-35-24)17-11-12-22(31-2)23(14-17)32-3/h5-14,20H,4,15-16H2,1-3H3. The zero-order valence-electron chi connectivity index (χ0n) is 19.7. The number of carbonyl (C=O) groups excluding carboxylic acids is 2. The van der Waals surface area contributed by atoms with Gasteiger partial charge < -0.3 is 18.9 Å². The normalized spacial score (nSPS) is 14.9. The number of methoxy groups -OCH3 is 2. The third kappa shape index (κ3) is 5.30. The van der Waals surface area contributed by atoms with E-state index in [1.807, 2.05) is 36.6 Å². The molecular weight excluding hydrogens is 468 g/mol. The first kappa shape index (κ1) is 24.3. The van der Waals surface area contributed by atoms with Crippen LogP contribution in [0, 0.1) is 0 Å². The highest BCUT2D eigenvalue weighted by atomic mass is 32.1. The molecule has 4 rings (SSSR count). The van der Waals surface area contributed by atoms with E-state index in [1.165, 1.54) is 5.01 Å². The summed E-state index contributed by atoms with van der Waals surface area (Å²) in [6.07, 6.45) is 0.517. The number of thiophene rings is 1. The van der Waals surface area contributed by atoms with Crippen molar-refractivity contribution in [2.24, 2.45) is 5.10 Å².